The quantitative estimate of drug-likeness (QED) is 0.363. The smallest absolute Gasteiger partial charge is 0.330 e. The van der Waals surface area contributed by atoms with Crippen molar-refractivity contribution in [3.8, 4) is 17.2 Å². The molecule has 0 fully saturated rings. The first-order valence-corrected chi connectivity index (χ1v) is 9.52. The highest BCUT2D eigenvalue weighted by atomic mass is 32.2. The lowest BCUT2D eigenvalue weighted by molar-refractivity contribution is 0.396. The van der Waals surface area contributed by atoms with Crippen LogP contribution in [0.25, 0.3) is 17.2 Å². The highest BCUT2D eigenvalue weighted by Crippen LogP contribution is 2.20. The van der Waals surface area contributed by atoms with E-state index in [0.29, 0.717) is 17.9 Å². The van der Waals surface area contributed by atoms with Gasteiger partial charge >= 0.3 is 5.16 Å². The highest BCUT2D eigenvalue weighted by molar-refractivity contribution is 7.90. The van der Waals surface area contributed by atoms with Gasteiger partial charge in [0.1, 0.15) is 17.6 Å². The zero-order valence-corrected chi connectivity index (χ0v) is 15.7. The minimum Gasteiger partial charge on any atom is -0.609 e. The minimum absolute atomic E-state index is 0.265. The number of rotatable bonds is 6. The molecule has 3 heterocycles. The molecule has 8 nitrogen and oxygen atoms in total. The molecule has 3 rings (SSSR count). The molecule has 1 aromatic rings. The molecule has 0 N–H and O–H groups in total. The van der Waals surface area contributed by atoms with Gasteiger partial charge in [-0.3, -0.25) is 4.79 Å². The van der Waals surface area contributed by atoms with Crippen molar-refractivity contribution in [1.29, 1.82) is 0 Å². The zero-order valence-electron chi connectivity index (χ0n) is 14.9. The van der Waals surface area contributed by atoms with Crippen LogP contribution in [0.2, 0.25) is 0 Å². The van der Waals surface area contributed by atoms with E-state index >= 15 is 0 Å². The van der Waals surface area contributed by atoms with Gasteiger partial charge < -0.3 is 9.45 Å². The average molecular weight is 372 g/mol. The maximum absolute atomic E-state index is 12.5. The van der Waals surface area contributed by atoms with Crippen LogP contribution in [0.15, 0.2) is 47.0 Å². The van der Waals surface area contributed by atoms with Gasteiger partial charge in [-0.25, -0.2) is 14.2 Å². The molecule has 9 heteroatoms. The minimum atomic E-state index is -1.39. The number of pyridine rings is 1. The molecule has 0 radical (unpaired) electrons. The molecule has 136 valence electrons. The third-order valence-electron chi connectivity index (χ3n) is 3.66. The lowest BCUT2D eigenvalue weighted by Crippen LogP contribution is -2.19. The third kappa shape index (κ3) is 3.55. The lowest BCUT2D eigenvalue weighted by atomic mass is 10.3. The predicted molar refractivity (Wildman–Crippen MR) is 100.0 cm³/mol. The van der Waals surface area contributed by atoms with Crippen LogP contribution < -0.4 is 5.56 Å². The second-order valence-electron chi connectivity index (χ2n) is 6.09. The molecule has 1 aromatic heterocycles. The Bertz CT molecular complexity index is 962. The van der Waals surface area contributed by atoms with Crippen LogP contribution in [-0.4, -0.2) is 54.1 Å². The summed E-state index contributed by atoms with van der Waals surface area (Å²) >= 11 is -1.39. The summed E-state index contributed by atoms with van der Waals surface area (Å²) in [7, 11) is 3.92. The first-order valence-electron chi connectivity index (χ1n) is 7.96. The molecule has 0 saturated carbocycles. The van der Waals surface area contributed by atoms with Crippen molar-refractivity contribution in [1.82, 2.24) is 29.2 Å². The molecule has 0 aliphatic carbocycles. The van der Waals surface area contributed by atoms with Gasteiger partial charge in [-0.1, -0.05) is 12.1 Å². The van der Waals surface area contributed by atoms with Crippen molar-refractivity contribution in [3.63, 3.8) is 0 Å². The van der Waals surface area contributed by atoms with E-state index in [4.69, 9.17) is 0 Å². The molecule has 26 heavy (non-hydrogen) atoms. The molecule has 1 unspecified atom stereocenters. The fraction of sp³-hybridized carbons (Fsp3) is 0.294. The van der Waals surface area contributed by atoms with Crippen molar-refractivity contribution in [2.24, 2.45) is 0 Å². The fourth-order valence-corrected chi connectivity index (χ4v) is 3.24. The van der Waals surface area contributed by atoms with Gasteiger partial charge in [0.05, 0.1) is 12.2 Å². The number of hydrogen-bond donors (Lipinski definition) is 0. The highest BCUT2D eigenvalue weighted by Gasteiger charge is 2.24. The van der Waals surface area contributed by atoms with Crippen molar-refractivity contribution in [3.05, 3.63) is 53.1 Å². The van der Waals surface area contributed by atoms with Gasteiger partial charge in [0.2, 0.25) is 0 Å². The van der Waals surface area contributed by atoms with Crippen molar-refractivity contribution < 1.29 is 4.55 Å². The normalized spacial score (nSPS) is 12.7. The number of allylic oxidation sites excluding steroid dienone is 1. The van der Waals surface area contributed by atoms with Crippen LogP contribution in [0.3, 0.4) is 0 Å². The molecule has 0 aromatic carbocycles. The zero-order chi connectivity index (χ0) is 18.8. The third-order valence-corrected chi connectivity index (χ3v) is 4.47. The van der Waals surface area contributed by atoms with E-state index in [1.165, 1.54) is 10.9 Å². The number of aromatic nitrogens is 5. The molecule has 0 spiro atoms. The Hall–Kier alpha value is -2.49. The topological polar surface area (TPSA) is 91.9 Å². The van der Waals surface area contributed by atoms with Crippen LogP contribution in [0.1, 0.15) is 5.69 Å². The predicted octanol–water partition coefficient (Wildman–Crippen LogP) is 0.914. The largest absolute Gasteiger partial charge is 0.609 e. The van der Waals surface area contributed by atoms with Gasteiger partial charge in [0, 0.05) is 23.9 Å². The van der Waals surface area contributed by atoms with Gasteiger partial charge in [-0.15, -0.1) is 11.7 Å². The van der Waals surface area contributed by atoms with Crippen molar-refractivity contribution in [2.75, 3.05) is 20.4 Å². The van der Waals surface area contributed by atoms with Crippen LogP contribution in [-0.2, 0) is 24.3 Å². The Morgan fingerprint density at radius 2 is 2.12 bits per heavy atom. The van der Waals surface area contributed by atoms with Gasteiger partial charge in [-0.05, 0) is 26.2 Å². The summed E-state index contributed by atoms with van der Waals surface area (Å²) in [6.07, 6.45) is 4.73. The standard InChI is InChI=1S/C17H20N6O2S/c1-5-9-23-16(24)13-11-22(17(26(4)25)19-15(13)20-23)14-8-6-7-12(18-14)10-21(2)3/h5-8,11H,1,9-10H2,2-4H3. The van der Waals surface area contributed by atoms with E-state index < -0.39 is 11.2 Å². The summed E-state index contributed by atoms with van der Waals surface area (Å²) in [6.45, 7) is 4.58. The molecule has 0 saturated heterocycles. The van der Waals surface area contributed by atoms with Crippen LogP contribution >= 0.6 is 0 Å². The monoisotopic (exact) mass is 372 g/mol. The van der Waals surface area contributed by atoms with Gasteiger partial charge in [0.25, 0.3) is 5.56 Å². The number of hydrogen-bond acceptors (Lipinski definition) is 6. The fourth-order valence-electron chi connectivity index (χ4n) is 2.60. The second-order valence-corrected chi connectivity index (χ2v) is 7.36. The summed E-state index contributed by atoms with van der Waals surface area (Å²) in [5, 5.41) is 4.47. The molecule has 0 bridgehead atoms. The van der Waals surface area contributed by atoms with Crippen LogP contribution in [0.5, 0.6) is 0 Å². The SMILES string of the molecule is C=CCn1nc2nc([S+](C)[O-])n(-c3cccc(CN(C)C)n3)cc-2c1=O. The van der Waals surface area contributed by atoms with Crippen molar-refractivity contribution in [2.45, 2.75) is 18.2 Å². The molecular weight excluding hydrogens is 352 g/mol. The summed E-state index contributed by atoms with van der Waals surface area (Å²) in [6, 6.07) is 5.58. The Balaban J connectivity index is 2.20. The first kappa shape index (κ1) is 18.3. The van der Waals surface area contributed by atoms with E-state index in [9.17, 15) is 9.35 Å². The van der Waals surface area contributed by atoms with Gasteiger partial charge in [0.15, 0.2) is 5.82 Å². The number of fused-ring (bicyclic) bond motifs is 1. The Morgan fingerprint density at radius 3 is 2.77 bits per heavy atom. The number of nitrogens with zero attached hydrogens (tertiary/aromatic N) is 6. The van der Waals surface area contributed by atoms with E-state index in [2.05, 4.69) is 21.6 Å². The molecule has 2 aliphatic heterocycles. The van der Waals surface area contributed by atoms with E-state index in [1.807, 2.05) is 31.1 Å². The van der Waals surface area contributed by atoms with Crippen molar-refractivity contribution >= 4 is 11.2 Å². The summed E-state index contributed by atoms with van der Waals surface area (Å²) in [4.78, 5) is 23.5. The maximum atomic E-state index is 12.5. The molecule has 0 amide bonds. The maximum Gasteiger partial charge on any atom is 0.330 e. The van der Waals surface area contributed by atoms with E-state index in [0.717, 1.165) is 5.69 Å². The average Bonchev–Trinajstić information content (AvgIpc) is 2.89. The van der Waals surface area contributed by atoms with Gasteiger partial charge in [-0.2, -0.15) is 4.98 Å². The Kier molecular flexibility index (Phi) is 5.21. The van der Waals surface area contributed by atoms with Crippen LogP contribution in [0.4, 0.5) is 0 Å². The second kappa shape index (κ2) is 7.40. The Morgan fingerprint density at radius 1 is 1.35 bits per heavy atom. The summed E-state index contributed by atoms with van der Waals surface area (Å²) in [5.41, 5.74) is 0.942. The summed E-state index contributed by atoms with van der Waals surface area (Å²) < 4.78 is 15.1. The molecule has 1 atom stereocenters. The van der Waals surface area contributed by atoms with Crippen LogP contribution in [0, 0.1) is 0 Å². The summed E-state index contributed by atoms with van der Waals surface area (Å²) in [5.74, 6) is 0.822. The first-order chi connectivity index (χ1) is 12.4. The lowest BCUT2D eigenvalue weighted by Gasteiger charge is -2.14. The molecule has 2 aliphatic rings. The molecular formula is C17H20N6O2S. The van der Waals surface area contributed by atoms with E-state index in [1.54, 1.807) is 22.9 Å². The Labute approximate surface area is 154 Å². The van der Waals surface area contributed by atoms with E-state index in [-0.39, 0.29) is 23.1 Å².